The van der Waals surface area contributed by atoms with Crippen molar-refractivity contribution in [1.29, 1.82) is 0 Å². The highest BCUT2D eigenvalue weighted by molar-refractivity contribution is 5.78. The Balaban J connectivity index is 1.49. The number of piperidine rings is 1. The van der Waals surface area contributed by atoms with Gasteiger partial charge in [0.2, 0.25) is 0 Å². The number of hydrogen-bond acceptors (Lipinski definition) is 4. The van der Waals surface area contributed by atoms with E-state index in [9.17, 15) is 9.90 Å². The largest absolute Gasteiger partial charge is 0.484 e. The molecule has 5 nitrogen and oxygen atoms in total. The van der Waals surface area contributed by atoms with Crippen LogP contribution in [0.15, 0.2) is 24.3 Å². The molecule has 2 heterocycles. The zero-order valence-corrected chi connectivity index (χ0v) is 16.7. The molecule has 0 spiro atoms. The number of hydrogen-bond donors (Lipinski definition) is 1. The summed E-state index contributed by atoms with van der Waals surface area (Å²) >= 11 is 0. The number of rotatable bonds is 8. The third-order valence-corrected chi connectivity index (χ3v) is 6.01. The van der Waals surface area contributed by atoms with E-state index in [0.29, 0.717) is 0 Å². The number of nitrogens with zero attached hydrogens (tertiary/aromatic N) is 2. The van der Waals surface area contributed by atoms with Crippen molar-refractivity contribution >= 4 is 5.91 Å². The van der Waals surface area contributed by atoms with Crippen LogP contribution in [0.1, 0.15) is 51.0 Å². The fourth-order valence-corrected chi connectivity index (χ4v) is 4.54. The lowest BCUT2D eigenvalue weighted by molar-refractivity contribution is -0.132. The fourth-order valence-electron chi connectivity index (χ4n) is 4.54. The maximum Gasteiger partial charge on any atom is 0.260 e. The van der Waals surface area contributed by atoms with Crippen LogP contribution in [0.5, 0.6) is 5.75 Å². The van der Waals surface area contributed by atoms with Crippen molar-refractivity contribution < 1.29 is 14.6 Å². The lowest BCUT2D eigenvalue weighted by atomic mass is 9.77. The summed E-state index contributed by atoms with van der Waals surface area (Å²) < 4.78 is 5.67. The Morgan fingerprint density at radius 1 is 1.15 bits per heavy atom. The van der Waals surface area contributed by atoms with Gasteiger partial charge in [-0.1, -0.05) is 25.5 Å². The predicted octanol–water partition coefficient (Wildman–Crippen LogP) is 3.06. The van der Waals surface area contributed by atoms with E-state index < -0.39 is 0 Å². The molecule has 0 saturated carbocycles. The van der Waals surface area contributed by atoms with Gasteiger partial charge in [0.25, 0.3) is 5.91 Å². The van der Waals surface area contributed by atoms with Gasteiger partial charge < -0.3 is 14.7 Å². The van der Waals surface area contributed by atoms with Gasteiger partial charge in [0.15, 0.2) is 6.61 Å². The Hall–Kier alpha value is -1.59. The molecule has 0 aromatic heterocycles. The summed E-state index contributed by atoms with van der Waals surface area (Å²) in [7, 11) is 0. The molecule has 1 amide bonds. The number of benzene rings is 1. The van der Waals surface area contributed by atoms with Crippen LogP contribution in [0.25, 0.3) is 0 Å². The van der Waals surface area contributed by atoms with Crippen LogP contribution in [0.2, 0.25) is 0 Å². The molecule has 1 N–H and O–H groups in total. The molecule has 2 fully saturated rings. The van der Waals surface area contributed by atoms with Gasteiger partial charge in [-0.05, 0) is 56.3 Å². The van der Waals surface area contributed by atoms with E-state index >= 15 is 0 Å². The summed E-state index contributed by atoms with van der Waals surface area (Å²) in [6.07, 6.45) is 6.71. The number of carbonyl (C=O) groups excluding carboxylic acids is 1. The molecule has 0 unspecified atom stereocenters. The monoisotopic (exact) mass is 374 g/mol. The van der Waals surface area contributed by atoms with Crippen molar-refractivity contribution in [1.82, 2.24) is 9.80 Å². The van der Waals surface area contributed by atoms with Crippen molar-refractivity contribution in [3.05, 3.63) is 29.8 Å². The molecule has 3 rings (SSSR count). The Bertz CT molecular complexity index is 594. The maximum absolute atomic E-state index is 12.1. The number of likely N-dealkylation sites (tertiary alicyclic amines) is 2. The second-order valence-electron chi connectivity index (χ2n) is 8.24. The Morgan fingerprint density at radius 3 is 2.56 bits per heavy atom. The van der Waals surface area contributed by atoms with E-state index in [1.54, 1.807) is 0 Å². The molecule has 2 aliphatic heterocycles. The molecule has 1 atom stereocenters. The average Bonchev–Trinajstić information content (AvgIpc) is 3.23. The van der Waals surface area contributed by atoms with E-state index in [1.807, 2.05) is 17.0 Å². The third kappa shape index (κ3) is 5.45. The fraction of sp³-hybridized carbons (Fsp3) is 0.682. The first-order valence-corrected chi connectivity index (χ1v) is 10.5. The summed E-state index contributed by atoms with van der Waals surface area (Å²) in [5.41, 5.74) is 1.32. The number of ether oxygens (including phenoxy) is 1. The zero-order valence-electron chi connectivity index (χ0n) is 16.7. The molecule has 2 aliphatic rings. The number of amides is 1. The molecule has 1 aromatic rings. The highest BCUT2D eigenvalue weighted by atomic mass is 16.5. The topological polar surface area (TPSA) is 53.0 Å². The van der Waals surface area contributed by atoms with Crippen LogP contribution in [0, 0.1) is 5.41 Å². The minimum atomic E-state index is 0.0754. The standard InChI is InChI=1S/C22H34N2O3/c1-2-10-22(18-25)11-5-12-23(17-22)15-19-6-8-20(9-7-19)27-16-21(26)24-13-3-4-14-24/h6-9,25H,2-5,10-18H2,1H3/t22-/m1/s1. The smallest absolute Gasteiger partial charge is 0.260 e. The summed E-state index contributed by atoms with van der Waals surface area (Å²) in [4.78, 5) is 16.4. The molecular weight excluding hydrogens is 340 g/mol. The first-order chi connectivity index (χ1) is 13.1. The van der Waals surface area contributed by atoms with E-state index in [-0.39, 0.29) is 24.5 Å². The molecule has 150 valence electrons. The second kappa shape index (κ2) is 9.56. The Kier molecular flexibility index (Phi) is 7.13. The summed E-state index contributed by atoms with van der Waals surface area (Å²) in [5, 5.41) is 9.90. The first-order valence-electron chi connectivity index (χ1n) is 10.5. The van der Waals surface area contributed by atoms with Gasteiger partial charge in [-0.15, -0.1) is 0 Å². The van der Waals surface area contributed by atoms with Gasteiger partial charge >= 0.3 is 0 Å². The molecule has 27 heavy (non-hydrogen) atoms. The third-order valence-electron chi connectivity index (χ3n) is 6.01. The maximum atomic E-state index is 12.1. The molecule has 0 aliphatic carbocycles. The molecular formula is C22H34N2O3. The van der Waals surface area contributed by atoms with Crippen LogP contribution < -0.4 is 4.74 Å². The predicted molar refractivity (Wildman–Crippen MR) is 107 cm³/mol. The lowest BCUT2D eigenvalue weighted by Gasteiger charge is -2.42. The quantitative estimate of drug-likeness (QED) is 0.760. The Labute approximate surface area is 163 Å². The van der Waals surface area contributed by atoms with Gasteiger partial charge in [-0.3, -0.25) is 9.69 Å². The molecule has 0 bridgehead atoms. The van der Waals surface area contributed by atoms with Crippen molar-refractivity contribution in [3.8, 4) is 5.75 Å². The van der Waals surface area contributed by atoms with E-state index in [1.165, 1.54) is 5.56 Å². The minimum Gasteiger partial charge on any atom is -0.484 e. The van der Waals surface area contributed by atoms with Gasteiger partial charge in [-0.25, -0.2) is 0 Å². The normalized spacial score (nSPS) is 23.6. The average molecular weight is 375 g/mol. The summed E-state index contributed by atoms with van der Waals surface area (Å²) in [6, 6.07) is 8.10. The first kappa shape index (κ1) is 20.2. The molecule has 0 radical (unpaired) electrons. The van der Waals surface area contributed by atoms with Gasteiger partial charge in [0, 0.05) is 38.2 Å². The highest BCUT2D eigenvalue weighted by Crippen LogP contribution is 2.34. The number of aliphatic hydroxyl groups is 1. The molecule has 5 heteroatoms. The van der Waals surface area contributed by atoms with Crippen LogP contribution in [-0.4, -0.2) is 60.2 Å². The SMILES string of the molecule is CCC[C@@]1(CO)CCCN(Cc2ccc(OCC(=O)N3CCCC3)cc2)C1. The summed E-state index contributed by atoms with van der Waals surface area (Å²) in [5.74, 6) is 0.835. The molecule has 1 aromatic carbocycles. The van der Waals surface area contributed by atoms with E-state index in [2.05, 4.69) is 24.0 Å². The number of carbonyl (C=O) groups is 1. The van der Waals surface area contributed by atoms with Crippen LogP contribution in [-0.2, 0) is 11.3 Å². The van der Waals surface area contributed by atoms with Gasteiger partial charge in [0.1, 0.15) is 5.75 Å². The van der Waals surface area contributed by atoms with Crippen LogP contribution in [0.3, 0.4) is 0 Å². The molecule has 2 saturated heterocycles. The van der Waals surface area contributed by atoms with Crippen molar-refractivity contribution in [2.24, 2.45) is 5.41 Å². The lowest BCUT2D eigenvalue weighted by Crippen LogP contribution is -2.44. The summed E-state index contributed by atoms with van der Waals surface area (Å²) in [6.45, 7) is 7.31. The van der Waals surface area contributed by atoms with Crippen molar-refractivity contribution in [3.63, 3.8) is 0 Å². The van der Waals surface area contributed by atoms with Gasteiger partial charge in [-0.2, -0.15) is 0 Å². The van der Waals surface area contributed by atoms with E-state index in [0.717, 1.165) is 77.0 Å². The Morgan fingerprint density at radius 2 is 1.89 bits per heavy atom. The number of aliphatic hydroxyl groups excluding tert-OH is 1. The van der Waals surface area contributed by atoms with Crippen LogP contribution >= 0.6 is 0 Å². The minimum absolute atomic E-state index is 0.0754. The van der Waals surface area contributed by atoms with Crippen LogP contribution in [0.4, 0.5) is 0 Å². The van der Waals surface area contributed by atoms with E-state index in [4.69, 9.17) is 4.74 Å². The second-order valence-corrected chi connectivity index (χ2v) is 8.24. The van der Waals surface area contributed by atoms with Crippen molar-refractivity contribution in [2.75, 3.05) is 39.4 Å². The highest BCUT2D eigenvalue weighted by Gasteiger charge is 2.33. The van der Waals surface area contributed by atoms with Gasteiger partial charge in [0.05, 0.1) is 0 Å². The zero-order chi connectivity index (χ0) is 19.1. The van der Waals surface area contributed by atoms with Crippen molar-refractivity contribution in [2.45, 2.75) is 52.0 Å².